The number of thioether (sulfide) groups is 1. The highest BCUT2D eigenvalue weighted by atomic mass is 32.2. The number of ether oxygens (including phenoxy) is 1. The number of nitrogens with one attached hydrogen (secondary N) is 2. The molecule has 56 heavy (non-hydrogen) atoms. The molecular weight excluding hydrogens is 771 g/mol. The molecule has 0 spiro atoms. The van der Waals surface area contributed by atoms with Gasteiger partial charge in [-0.1, -0.05) is 42.1 Å². The molecule has 4 aromatic carbocycles. The van der Waals surface area contributed by atoms with Gasteiger partial charge in [-0.05, 0) is 93.3 Å². The lowest BCUT2D eigenvalue weighted by Gasteiger charge is -2.22. The number of hydrogen-bond donors (Lipinski definition) is 4. The summed E-state index contributed by atoms with van der Waals surface area (Å²) in [5.41, 5.74) is 12.1. The Morgan fingerprint density at radius 2 is 1.45 bits per heavy atom. The molecule has 2 heterocycles. The zero-order valence-corrected chi connectivity index (χ0v) is 34.0. The maximum atomic E-state index is 12.0. The minimum Gasteiger partial charge on any atom is -0.495 e. The van der Waals surface area contributed by atoms with Crippen molar-refractivity contribution < 1.29 is 17.7 Å². The number of benzene rings is 4. The van der Waals surface area contributed by atoms with Crippen LogP contribution in [0.15, 0.2) is 99.1 Å². The quantitative estimate of drug-likeness (QED) is 0.0294. The molecule has 2 aromatic heterocycles. The third-order valence-electron chi connectivity index (χ3n) is 8.86. The SMILES string of the molecule is CCN(CC)c1ccc(N)c(Nc2nc(Nc3cc(N(CC)CC)ccc3N=Nc3snc4cc(S(=O)(=O)O)c(OC)cc34)nc(SCc3ccccc3)n2)c1. The molecule has 0 bridgehead atoms. The predicted molar refractivity (Wildman–Crippen MR) is 227 cm³/mol. The molecule has 0 saturated carbocycles. The Morgan fingerprint density at radius 1 is 0.821 bits per heavy atom. The van der Waals surface area contributed by atoms with E-state index in [9.17, 15) is 13.0 Å². The van der Waals surface area contributed by atoms with E-state index in [2.05, 4.69) is 74.9 Å². The summed E-state index contributed by atoms with van der Waals surface area (Å²) in [6.07, 6.45) is 0. The van der Waals surface area contributed by atoms with Crippen LogP contribution in [0.5, 0.6) is 5.75 Å². The van der Waals surface area contributed by atoms with Gasteiger partial charge in [-0.3, -0.25) is 4.55 Å². The molecule has 292 valence electrons. The number of hydrogen-bond acceptors (Lipinski definition) is 16. The molecule has 0 aliphatic heterocycles. The Hall–Kier alpha value is -5.56. The third kappa shape index (κ3) is 9.44. The second-order valence-electron chi connectivity index (χ2n) is 12.3. The fourth-order valence-corrected chi connectivity index (χ4v) is 8.02. The molecule has 0 unspecified atom stereocenters. The first-order chi connectivity index (χ1) is 27.0. The summed E-state index contributed by atoms with van der Waals surface area (Å²) in [6.45, 7) is 11.6. The van der Waals surface area contributed by atoms with Gasteiger partial charge in [-0.15, -0.1) is 10.2 Å². The van der Waals surface area contributed by atoms with Gasteiger partial charge in [0.05, 0.1) is 29.7 Å². The van der Waals surface area contributed by atoms with Crippen LogP contribution in [-0.4, -0.2) is 65.6 Å². The summed E-state index contributed by atoms with van der Waals surface area (Å²) in [5.74, 6) is 1.18. The first kappa shape index (κ1) is 40.1. The molecule has 6 aromatic rings. The van der Waals surface area contributed by atoms with Crippen LogP contribution in [0.25, 0.3) is 10.9 Å². The fraction of sp³-hybridized carbons (Fsp3) is 0.263. The van der Waals surface area contributed by atoms with E-state index >= 15 is 0 Å². The lowest BCUT2D eigenvalue weighted by molar-refractivity contribution is 0.398. The van der Waals surface area contributed by atoms with Gasteiger partial charge in [0, 0.05) is 48.7 Å². The van der Waals surface area contributed by atoms with Gasteiger partial charge in [0.2, 0.25) is 11.9 Å². The zero-order chi connectivity index (χ0) is 39.8. The van der Waals surface area contributed by atoms with E-state index in [-0.39, 0.29) is 16.6 Å². The van der Waals surface area contributed by atoms with Crippen LogP contribution in [0, 0.1) is 0 Å². The predicted octanol–water partition coefficient (Wildman–Crippen LogP) is 9.21. The average Bonchev–Trinajstić information content (AvgIpc) is 3.60. The van der Waals surface area contributed by atoms with Gasteiger partial charge < -0.3 is 30.9 Å². The first-order valence-electron chi connectivity index (χ1n) is 17.9. The summed E-state index contributed by atoms with van der Waals surface area (Å²) >= 11 is 2.51. The molecule has 15 nitrogen and oxygen atoms in total. The van der Waals surface area contributed by atoms with Crippen molar-refractivity contribution in [3.05, 3.63) is 84.4 Å². The molecule has 6 rings (SSSR count). The first-order valence-corrected chi connectivity index (χ1v) is 21.1. The van der Waals surface area contributed by atoms with Crippen LogP contribution in [0.1, 0.15) is 33.3 Å². The van der Waals surface area contributed by atoms with Crippen LogP contribution < -0.4 is 30.9 Å². The Balaban J connectivity index is 1.40. The molecule has 0 amide bonds. The number of nitrogens with two attached hydrogens (primary N) is 1. The number of methoxy groups -OCH3 is 1. The van der Waals surface area contributed by atoms with E-state index in [1.807, 2.05) is 54.6 Å². The van der Waals surface area contributed by atoms with Crippen molar-refractivity contribution in [2.75, 3.05) is 59.5 Å². The van der Waals surface area contributed by atoms with Crippen molar-refractivity contribution in [1.82, 2.24) is 19.3 Å². The Morgan fingerprint density at radius 3 is 2.07 bits per heavy atom. The third-order valence-corrected chi connectivity index (χ3v) is 11.4. The van der Waals surface area contributed by atoms with Gasteiger partial charge in [0.25, 0.3) is 10.1 Å². The maximum Gasteiger partial charge on any atom is 0.298 e. The molecule has 0 aliphatic carbocycles. The smallest absolute Gasteiger partial charge is 0.298 e. The molecule has 0 fully saturated rings. The Kier molecular flexibility index (Phi) is 12.8. The molecule has 0 aliphatic rings. The molecule has 0 atom stereocenters. The van der Waals surface area contributed by atoms with Crippen LogP contribution >= 0.6 is 23.3 Å². The summed E-state index contributed by atoms with van der Waals surface area (Å²) in [7, 11) is -3.23. The maximum absolute atomic E-state index is 12.0. The number of aromatic nitrogens is 4. The van der Waals surface area contributed by atoms with Gasteiger partial charge >= 0.3 is 0 Å². The normalized spacial score (nSPS) is 11.6. The van der Waals surface area contributed by atoms with Crippen LogP contribution in [-0.2, 0) is 15.9 Å². The molecule has 0 radical (unpaired) electrons. The average molecular weight is 814 g/mol. The molecule has 0 saturated heterocycles. The minimum atomic E-state index is -4.54. The topological polar surface area (TPSA) is 196 Å². The van der Waals surface area contributed by atoms with Crippen LogP contribution in [0.2, 0.25) is 0 Å². The van der Waals surface area contributed by atoms with Crippen molar-refractivity contribution in [3.8, 4) is 5.75 Å². The summed E-state index contributed by atoms with van der Waals surface area (Å²) < 4.78 is 43.2. The van der Waals surface area contributed by atoms with E-state index < -0.39 is 10.1 Å². The van der Waals surface area contributed by atoms with Gasteiger partial charge in [0.1, 0.15) is 16.3 Å². The Bertz CT molecular complexity index is 2440. The number of nitrogen functional groups attached to an aromatic ring is 1. The van der Waals surface area contributed by atoms with Crippen LogP contribution in [0.3, 0.4) is 0 Å². The number of anilines is 7. The van der Waals surface area contributed by atoms with E-state index in [0.717, 1.165) is 54.6 Å². The van der Waals surface area contributed by atoms with Crippen molar-refractivity contribution >= 4 is 95.3 Å². The highest BCUT2D eigenvalue weighted by Gasteiger charge is 2.21. The second kappa shape index (κ2) is 17.9. The number of rotatable bonds is 17. The number of nitrogens with zero attached hydrogens (tertiary/aromatic N) is 8. The lowest BCUT2D eigenvalue weighted by Crippen LogP contribution is -2.21. The summed E-state index contributed by atoms with van der Waals surface area (Å²) in [5, 5.41) is 17.3. The molecule has 18 heteroatoms. The second-order valence-corrected chi connectivity index (χ2v) is 15.4. The summed E-state index contributed by atoms with van der Waals surface area (Å²) in [4.78, 5) is 18.4. The lowest BCUT2D eigenvalue weighted by atomic mass is 10.2. The van der Waals surface area contributed by atoms with Crippen LogP contribution in [0.4, 0.5) is 51.0 Å². The zero-order valence-electron chi connectivity index (χ0n) is 31.6. The number of fused-ring (bicyclic) bond motifs is 1. The highest BCUT2D eigenvalue weighted by molar-refractivity contribution is 7.98. The van der Waals surface area contributed by atoms with Crippen molar-refractivity contribution in [2.24, 2.45) is 10.2 Å². The summed E-state index contributed by atoms with van der Waals surface area (Å²) in [6, 6.07) is 24.4. The van der Waals surface area contributed by atoms with Crippen molar-refractivity contribution in [1.29, 1.82) is 0 Å². The van der Waals surface area contributed by atoms with E-state index in [1.165, 1.54) is 31.0 Å². The van der Waals surface area contributed by atoms with Crippen molar-refractivity contribution in [3.63, 3.8) is 0 Å². The molecule has 5 N–H and O–H groups in total. The van der Waals surface area contributed by atoms with Gasteiger partial charge in [-0.25, -0.2) is 0 Å². The van der Waals surface area contributed by atoms with Crippen molar-refractivity contribution in [2.45, 2.75) is 43.5 Å². The van der Waals surface area contributed by atoms with E-state index in [4.69, 9.17) is 25.4 Å². The molecular formula is C38H43N11O4S3. The Labute approximate surface area is 334 Å². The monoisotopic (exact) mass is 813 g/mol. The highest BCUT2D eigenvalue weighted by Crippen LogP contribution is 2.39. The van der Waals surface area contributed by atoms with Gasteiger partial charge in [-0.2, -0.15) is 27.7 Å². The fourth-order valence-electron chi connectivity index (χ4n) is 5.90. The minimum absolute atomic E-state index is 0.0377. The standard InChI is InChI=1S/C38H43N11O4S3/c1-6-48(7-2)25-15-17-28(39)31(19-25)40-36-42-37(44-38(43-36)54-23-24-13-11-10-12-14-24)41-32-20-26(49(8-3)9-4)16-18-29(32)45-46-35-27-21-33(53-5)34(56(50,51)52)22-30(27)47-55-35/h10-22H,6-9,23,39H2,1-5H3,(H,50,51,52)(H2,40,41,42,43,44). The number of azo groups is 1. The largest absolute Gasteiger partial charge is 0.495 e. The van der Waals surface area contributed by atoms with E-state index in [1.54, 1.807) is 0 Å². The van der Waals surface area contributed by atoms with E-state index in [0.29, 0.717) is 55.5 Å². The van der Waals surface area contributed by atoms with Gasteiger partial charge in [0.15, 0.2) is 10.2 Å².